The predicted octanol–water partition coefficient (Wildman–Crippen LogP) is 4.19. The first-order chi connectivity index (χ1) is 9.65. The molecule has 0 aromatic heterocycles. The molecule has 2 fully saturated rings. The fraction of sp³-hybridized carbons (Fsp3) is 1.00. The third-order valence-electron chi connectivity index (χ3n) is 5.72. The largest absolute Gasteiger partial charge is 0.330 e. The van der Waals surface area contributed by atoms with Crippen molar-refractivity contribution < 1.29 is 0 Å². The summed E-state index contributed by atoms with van der Waals surface area (Å²) in [5.41, 5.74) is 6.64. The molecule has 0 aromatic carbocycles. The first kappa shape index (κ1) is 16.3. The molecular weight excluding hydrogens is 244 g/mol. The smallest absolute Gasteiger partial charge is 0.00953 e. The topological polar surface area (TPSA) is 29.3 Å². The first-order valence-corrected chi connectivity index (χ1v) is 9.09. The van der Waals surface area contributed by atoms with Gasteiger partial charge in [-0.3, -0.25) is 0 Å². The number of nitrogens with two attached hydrogens (primary N) is 1. The Morgan fingerprint density at radius 1 is 1.05 bits per heavy atom. The molecule has 0 spiro atoms. The van der Waals surface area contributed by atoms with E-state index in [0.29, 0.717) is 5.41 Å². The summed E-state index contributed by atoms with van der Waals surface area (Å²) in [6, 6.07) is 0.871. The van der Waals surface area contributed by atoms with E-state index in [1.165, 1.54) is 77.3 Å². The number of hydrogen-bond acceptors (Lipinski definition) is 2. The maximum Gasteiger partial charge on any atom is 0.00953 e. The van der Waals surface area contributed by atoms with Crippen LogP contribution in [0.25, 0.3) is 0 Å². The van der Waals surface area contributed by atoms with Crippen LogP contribution in [-0.4, -0.2) is 30.6 Å². The van der Waals surface area contributed by atoms with Crippen molar-refractivity contribution >= 4 is 0 Å². The molecular formula is C18H36N2. The Kier molecular flexibility index (Phi) is 6.35. The number of nitrogens with zero attached hydrogens (tertiary/aromatic N) is 1. The summed E-state index contributed by atoms with van der Waals surface area (Å²) in [7, 11) is 0. The van der Waals surface area contributed by atoms with E-state index >= 15 is 0 Å². The van der Waals surface area contributed by atoms with Gasteiger partial charge in [0, 0.05) is 12.6 Å². The summed E-state index contributed by atoms with van der Waals surface area (Å²) in [5, 5.41) is 0. The van der Waals surface area contributed by atoms with E-state index in [1.807, 2.05) is 0 Å². The molecule has 0 heterocycles. The highest BCUT2D eigenvalue weighted by Crippen LogP contribution is 2.39. The van der Waals surface area contributed by atoms with Crippen molar-refractivity contribution in [3.05, 3.63) is 0 Å². The highest BCUT2D eigenvalue weighted by Gasteiger charge is 2.32. The monoisotopic (exact) mass is 280 g/mol. The summed E-state index contributed by atoms with van der Waals surface area (Å²) in [6.07, 6.45) is 14.1. The molecule has 2 aliphatic carbocycles. The molecule has 0 unspecified atom stereocenters. The van der Waals surface area contributed by atoms with Gasteiger partial charge in [-0.1, -0.05) is 46.0 Å². The SMILES string of the molecule is CC(C)CN(CCC1(CN)CCCCC1)C1CCCC1. The van der Waals surface area contributed by atoms with Gasteiger partial charge in [-0.2, -0.15) is 0 Å². The van der Waals surface area contributed by atoms with Gasteiger partial charge in [0.15, 0.2) is 0 Å². The van der Waals surface area contributed by atoms with Crippen molar-refractivity contribution in [3.63, 3.8) is 0 Å². The van der Waals surface area contributed by atoms with Gasteiger partial charge in [0.05, 0.1) is 0 Å². The van der Waals surface area contributed by atoms with Crippen LogP contribution in [-0.2, 0) is 0 Å². The number of hydrogen-bond donors (Lipinski definition) is 1. The minimum atomic E-state index is 0.478. The second-order valence-electron chi connectivity index (χ2n) is 7.84. The van der Waals surface area contributed by atoms with Crippen molar-refractivity contribution in [1.82, 2.24) is 4.90 Å². The molecule has 2 N–H and O–H groups in total. The average Bonchev–Trinajstić information content (AvgIpc) is 2.98. The summed E-state index contributed by atoms with van der Waals surface area (Å²) >= 11 is 0. The Balaban J connectivity index is 1.89. The van der Waals surface area contributed by atoms with Gasteiger partial charge in [-0.15, -0.1) is 0 Å². The molecule has 0 atom stereocenters. The van der Waals surface area contributed by atoms with E-state index in [0.717, 1.165) is 18.5 Å². The summed E-state index contributed by atoms with van der Waals surface area (Å²) in [6.45, 7) is 8.21. The second-order valence-corrected chi connectivity index (χ2v) is 7.84. The van der Waals surface area contributed by atoms with Gasteiger partial charge in [0.25, 0.3) is 0 Å². The fourth-order valence-electron chi connectivity index (χ4n) is 4.40. The van der Waals surface area contributed by atoms with Crippen molar-refractivity contribution in [1.29, 1.82) is 0 Å². The molecule has 2 saturated carbocycles. The standard InChI is InChI=1S/C18H36N2/c1-16(2)14-20(17-8-4-5-9-17)13-12-18(15-19)10-6-3-7-11-18/h16-17H,3-15,19H2,1-2H3. The average molecular weight is 280 g/mol. The van der Waals surface area contributed by atoms with Crippen LogP contribution in [0, 0.1) is 11.3 Å². The molecule has 2 aliphatic rings. The normalized spacial score (nSPS) is 23.9. The predicted molar refractivity (Wildman–Crippen MR) is 87.9 cm³/mol. The lowest BCUT2D eigenvalue weighted by atomic mass is 9.72. The molecule has 118 valence electrons. The van der Waals surface area contributed by atoms with Gasteiger partial charge >= 0.3 is 0 Å². The Morgan fingerprint density at radius 2 is 1.70 bits per heavy atom. The summed E-state index contributed by atoms with van der Waals surface area (Å²) in [4.78, 5) is 2.81. The van der Waals surface area contributed by atoms with E-state index < -0.39 is 0 Å². The maximum absolute atomic E-state index is 6.16. The Labute approximate surface area is 126 Å². The lowest BCUT2D eigenvalue weighted by Gasteiger charge is -2.39. The summed E-state index contributed by atoms with van der Waals surface area (Å²) in [5.74, 6) is 0.788. The maximum atomic E-state index is 6.16. The zero-order valence-electron chi connectivity index (χ0n) is 13.9. The van der Waals surface area contributed by atoms with Crippen molar-refractivity contribution in [2.24, 2.45) is 17.1 Å². The van der Waals surface area contributed by atoms with Crippen LogP contribution in [0.5, 0.6) is 0 Å². The zero-order valence-corrected chi connectivity index (χ0v) is 13.9. The van der Waals surface area contributed by atoms with Gasteiger partial charge < -0.3 is 10.6 Å². The van der Waals surface area contributed by atoms with Crippen LogP contribution in [0.4, 0.5) is 0 Å². The fourth-order valence-corrected chi connectivity index (χ4v) is 4.40. The zero-order chi connectivity index (χ0) is 14.4. The van der Waals surface area contributed by atoms with Crippen LogP contribution in [0.2, 0.25) is 0 Å². The Hall–Kier alpha value is -0.0800. The lowest BCUT2D eigenvalue weighted by molar-refractivity contribution is 0.115. The Bertz CT molecular complexity index is 263. The van der Waals surface area contributed by atoms with E-state index in [-0.39, 0.29) is 0 Å². The summed E-state index contributed by atoms with van der Waals surface area (Å²) < 4.78 is 0. The van der Waals surface area contributed by atoms with Crippen LogP contribution in [0.15, 0.2) is 0 Å². The molecule has 2 heteroatoms. The third-order valence-corrected chi connectivity index (χ3v) is 5.72. The molecule has 0 amide bonds. The number of rotatable bonds is 7. The highest BCUT2D eigenvalue weighted by molar-refractivity contribution is 4.86. The van der Waals surface area contributed by atoms with E-state index in [9.17, 15) is 0 Å². The van der Waals surface area contributed by atoms with E-state index in [2.05, 4.69) is 18.7 Å². The van der Waals surface area contributed by atoms with Gasteiger partial charge in [0.2, 0.25) is 0 Å². The molecule has 2 nitrogen and oxygen atoms in total. The molecule has 0 saturated heterocycles. The van der Waals surface area contributed by atoms with Crippen molar-refractivity contribution in [2.45, 2.75) is 84.1 Å². The van der Waals surface area contributed by atoms with E-state index in [1.54, 1.807) is 0 Å². The minimum Gasteiger partial charge on any atom is -0.330 e. The van der Waals surface area contributed by atoms with E-state index in [4.69, 9.17) is 5.73 Å². The lowest BCUT2D eigenvalue weighted by Crippen LogP contribution is -2.41. The van der Waals surface area contributed by atoms with Gasteiger partial charge in [-0.25, -0.2) is 0 Å². The Morgan fingerprint density at radius 3 is 2.25 bits per heavy atom. The second kappa shape index (κ2) is 7.79. The first-order valence-electron chi connectivity index (χ1n) is 9.09. The van der Waals surface area contributed by atoms with Crippen molar-refractivity contribution in [2.75, 3.05) is 19.6 Å². The highest BCUT2D eigenvalue weighted by atomic mass is 15.2. The van der Waals surface area contributed by atoms with Crippen molar-refractivity contribution in [3.8, 4) is 0 Å². The molecule has 20 heavy (non-hydrogen) atoms. The van der Waals surface area contributed by atoms with Gasteiger partial charge in [-0.05, 0) is 56.5 Å². The quantitative estimate of drug-likeness (QED) is 0.758. The van der Waals surface area contributed by atoms with Crippen LogP contribution in [0.1, 0.15) is 78.1 Å². The van der Waals surface area contributed by atoms with Gasteiger partial charge in [0.1, 0.15) is 0 Å². The molecule has 2 rings (SSSR count). The molecule has 0 bridgehead atoms. The van der Waals surface area contributed by atoms with Crippen LogP contribution >= 0.6 is 0 Å². The molecule has 0 radical (unpaired) electrons. The minimum absolute atomic E-state index is 0.478. The molecule has 0 aliphatic heterocycles. The third kappa shape index (κ3) is 4.46. The van der Waals surface area contributed by atoms with Crippen LogP contribution < -0.4 is 5.73 Å². The molecule has 0 aromatic rings. The van der Waals surface area contributed by atoms with Crippen LogP contribution in [0.3, 0.4) is 0 Å².